The smallest absolute Gasteiger partial charge is 0.239 e. The standard InChI is InChI=1S/C26H25N3O3/c30-22-13-6-11-20-25(22)26(23-14-7-15-32-23)29(21-12-5-4-10-19(21)28-20)17-24(31)27-16-18-8-2-1-3-9-18/h1-5,7-10,12,14-15,26,28H,6,11,13,16-17H2,(H,27,31)/t26-/m1/s1. The molecule has 2 N–H and O–H groups in total. The first-order valence-corrected chi connectivity index (χ1v) is 10.9. The van der Waals surface area contributed by atoms with Gasteiger partial charge in [0.2, 0.25) is 5.91 Å². The molecule has 162 valence electrons. The average Bonchev–Trinajstić information content (AvgIpc) is 3.30. The highest BCUT2D eigenvalue weighted by Crippen LogP contribution is 2.44. The van der Waals surface area contributed by atoms with E-state index in [0.29, 0.717) is 24.3 Å². The molecule has 1 atom stereocenters. The number of carbonyl (C=O) groups excluding carboxylic acids is 2. The highest BCUT2D eigenvalue weighted by molar-refractivity contribution is 6.01. The Kier molecular flexibility index (Phi) is 5.50. The Balaban J connectivity index is 1.52. The largest absolute Gasteiger partial charge is 0.467 e. The maximum Gasteiger partial charge on any atom is 0.239 e. The number of fused-ring (bicyclic) bond motifs is 1. The zero-order valence-corrected chi connectivity index (χ0v) is 17.7. The predicted octanol–water partition coefficient (Wildman–Crippen LogP) is 4.58. The van der Waals surface area contributed by atoms with Gasteiger partial charge in [0.25, 0.3) is 0 Å². The van der Waals surface area contributed by atoms with Crippen LogP contribution in [0, 0.1) is 0 Å². The molecule has 0 bridgehead atoms. The minimum Gasteiger partial charge on any atom is -0.467 e. The molecule has 6 heteroatoms. The molecule has 1 aromatic heterocycles. The number of rotatable bonds is 5. The number of allylic oxidation sites excluding steroid dienone is 1. The molecule has 2 aromatic carbocycles. The molecule has 5 rings (SSSR count). The van der Waals surface area contributed by atoms with Crippen molar-refractivity contribution < 1.29 is 14.0 Å². The lowest BCUT2D eigenvalue weighted by molar-refractivity contribution is -0.120. The summed E-state index contributed by atoms with van der Waals surface area (Å²) in [4.78, 5) is 28.2. The number of para-hydroxylation sites is 2. The fourth-order valence-corrected chi connectivity index (χ4v) is 4.52. The van der Waals surface area contributed by atoms with E-state index < -0.39 is 6.04 Å². The summed E-state index contributed by atoms with van der Waals surface area (Å²) in [5.41, 5.74) is 4.40. The van der Waals surface area contributed by atoms with E-state index in [4.69, 9.17) is 4.42 Å². The van der Waals surface area contributed by atoms with E-state index in [2.05, 4.69) is 10.6 Å². The molecule has 0 unspecified atom stereocenters. The molecule has 32 heavy (non-hydrogen) atoms. The summed E-state index contributed by atoms with van der Waals surface area (Å²) < 4.78 is 5.79. The summed E-state index contributed by atoms with van der Waals surface area (Å²) in [5.74, 6) is 0.636. The Labute approximate surface area is 186 Å². The number of benzene rings is 2. The lowest BCUT2D eigenvalue weighted by Crippen LogP contribution is -2.41. The molecule has 3 aromatic rings. The zero-order valence-electron chi connectivity index (χ0n) is 17.7. The fourth-order valence-electron chi connectivity index (χ4n) is 4.52. The molecular formula is C26H25N3O3. The van der Waals surface area contributed by atoms with Crippen LogP contribution in [0.5, 0.6) is 0 Å². The first-order chi connectivity index (χ1) is 15.7. The Hall–Kier alpha value is -3.80. The van der Waals surface area contributed by atoms with Crippen molar-refractivity contribution in [1.82, 2.24) is 5.32 Å². The van der Waals surface area contributed by atoms with Gasteiger partial charge in [-0.05, 0) is 42.7 Å². The summed E-state index contributed by atoms with van der Waals surface area (Å²) in [6.07, 6.45) is 3.72. The summed E-state index contributed by atoms with van der Waals surface area (Å²) in [7, 11) is 0. The molecule has 0 radical (unpaired) electrons. The Morgan fingerprint density at radius 2 is 1.84 bits per heavy atom. The van der Waals surface area contributed by atoms with Crippen LogP contribution >= 0.6 is 0 Å². The van der Waals surface area contributed by atoms with E-state index in [-0.39, 0.29) is 18.2 Å². The number of hydrogen-bond donors (Lipinski definition) is 2. The van der Waals surface area contributed by atoms with Crippen molar-refractivity contribution in [1.29, 1.82) is 0 Å². The van der Waals surface area contributed by atoms with Crippen LogP contribution in [0.4, 0.5) is 11.4 Å². The van der Waals surface area contributed by atoms with Crippen LogP contribution in [0.15, 0.2) is 88.7 Å². The lowest BCUT2D eigenvalue weighted by atomic mass is 9.88. The number of carbonyl (C=O) groups is 2. The summed E-state index contributed by atoms with van der Waals surface area (Å²) in [6, 6.07) is 20.9. The molecule has 1 amide bonds. The molecular weight excluding hydrogens is 402 g/mol. The highest BCUT2D eigenvalue weighted by Gasteiger charge is 2.38. The molecule has 0 saturated carbocycles. The van der Waals surface area contributed by atoms with Crippen molar-refractivity contribution in [3.05, 3.63) is 95.6 Å². The number of furan rings is 1. The minimum absolute atomic E-state index is 0.0982. The van der Waals surface area contributed by atoms with Gasteiger partial charge in [0.1, 0.15) is 11.8 Å². The van der Waals surface area contributed by atoms with Crippen molar-refractivity contribution in [3.63, 3.8) is 0 Å². The monoisotopic (exact) mass is 427 g/mol. The molecule has 1 aliphatic carbocycles. The Morgan fingerprint density at radius 3 is 2.66 bits per heavy atom. The van der Waals surface area contributed by atoms with E-state index >= 15 is 0 Å². The maximum absolute atomic E-state index is 13.1. The fraction of sp³-hybridized carbons (Fsp3) is 0.231. The van der Waals surface area contributed by atoms with Gasteiger partial charge in [-0.25, -0.2) is 0 Å². The number of ketones is 1. The van der Waals surface area contributed by atoms with E-state index in [0.717, 1.165) is 35.5 Å². The van der Waals surface area contributed by atoms with Crippen LogP contribution < -0.4 is 15.5 Å². The molecule has 0 spiro atoms. The van der Waals surface area contributed by atoms with Gasteiger partial charge >= 0.3 is 0 Å². The van der Waals surface area contributed by atoms with Crippen LogP contribution in [0.3, 0.4) is 0 Å². The normalized spacial score (nSPS) is 17.8. The van der Waals surface area contributed by atoms with Gasteiger partial charge < -0.3 is 20.0 Å². The van der Waals surface area contributed by atoms with E-state index in [1.807, 2.05) is 71.6 Å². The molecule has 0 fully saturated rings. The molecule has 2 heterocycles. The van der Waals surface area contributed by atoms with Gasteiger partial charge in [-0.3, -0.25) is 9.59 Å². The number of nitrogens with one attached hydrogen (secondary N) is 2. The van der Waals surface area contributed by atoms with Crippen molar-refractivity contribution in [2.75, 3.05) is 16.8 Å². The van der Waals surface area contributed by atoms with Gasteiger partial charge in [-0.2, -0.15) is 0 Å². The number of hydrogen-bond acceptors (Lipinski definition) is 5. The predicted molar refractivity (Wildman–Crippen MR) is 123 cm³/mol. The summed E-state index contributed by atoms with van der Waals surface area (Å²) in [5, 5.41) is 6.50. The second kappa shape index (κ2) is 8.75. The number of nitrogens with zero attached hydrogens (tertiary/aromatic N) is 1. The average molecular weight is 428 g/mol. The van der Waals surface area contributed by atoms with Crippen LogP contribution in [-0.4, -0.2) is 18.2 Å². The molecule has 6 nitrogen and oxygen atoms in total. The first-order valence-electron chi connectivity index (χ1n) is 10.9. The number of Topliss-reactive ketones (excluding diaryl/α,β-unsaturated/α-hetero) is 1. The van der Waals surface area contributed by atoms with Crippen LogP contribution in [0.2, 0.25) is 0 Å². The minimum atomic E-state index is -0.466. The number of amides is 1. The van der Waals surface area contributed by atoms with Gasteiger partial charge in [0.15, 0.2) is 5.78 Å². The highest BCUT2D eigenvalue weighted by atomic mass is 16.3. The van der Waals surface area contributed by atoms with Gasteiger partial charge in [-0.15, -0.1) is 0 Å². The second-order valence-corrected chi connectivity index (χ2v) is 8.12. The second-order valence-electron chi connectivity index (χ2n) is 8.12. The third kappa shape index (κ3) is 3.91. The quantitative estimate of drug-likeness (QED) is 0.624. The van der Waals surface area contributed by atoms with Crippen LogP contribution in [0.25, 0.3) is 0 Å². The summed E-state index contributed by atoms with van der Waals surface area (Å²) in [6.45, 7) is 0.548. The zero-order chi connectivity index (χ0) is 21.9. The topological polar surface area (TPSA) is 74.6 Å². The lowest BCUT2D eigenvalue weighted by Gasteiger charge is -2.33. The van der Waals surface area contributed by atoms with Crippen molar-refractivity contribution in [3.8, 4) is 0 Å². The van der Waals surface area contributed by atoms with E-state index in [9.17, 15) is 9.59 Å². The molecule has 0 saturated heterocycles. The third-order valence-electron chi connectivity index (χ3n) is 6.00. The molecule has 2 aliphatic rings. The Bertz CT molecular complexity index is 1150. The third-order valence-corrected chi connectivity index (χ3v) is 6.00. The van der Waals surface area contributed by atoms with Crippen molar-refractivity contribution in [2.24, 2.45) is 0 Å². The SMILES string of the molecule is O=C(CN1c2ccccc2NC2=C(C(=O)CCC2)[C@H]1c1ccco1)NCc1ccccc1. The van der Waals surface area contributed by atoms with Gasteiger partial charge in [0, 0.05) is 24.2 Å². The van der Waals surface area contributed by atoms with E-state index in [1.54, 1.807) is 6.26 Å². The van der Waals surface area contributed by atoms with Crippen LogP contribution in [0.1, 0.15) is 36.6 Å². The van der Waals surface area contributed by atoms with Crippen molar-refractivity contribution >= 4 is 23.1 Å². The molecule has 1 aliphatic heterocycles. The van der Waals surface area contributed by atoms with Crippen molar-refractivity contribution in [2.45, 2.75) is 31.8 Å². The number of anilines is 2. The first kappa shape index (κ1) is 20.1. The van der Waals surface area contributed by atoms with Crippen LogP contribution in [-0.2, 0) is 16.1 Å². The summed E-state index contributed by atoms with van der Waals surface area (Å²) >= 11 is 0. The Morgan fingerprint density at radius 1 is 1.03 bits per heavy atom. The van der Waals surface area contributed by atoms with E-state index in [1.165, 1.54) is 0 Å². The maximum atomic E-state index is 13.1. The van der Waals surface area contributed by atoms with Gasteiger partial charge in [-0.1, -0.05) is 42.5 Å². The van der Waals surface area contributed by atoms with Gasteiger partial charge in [0.05, 0.1) is 24.2 Å².